The summed E-state index contributed by atoms with van der Waals surface area (Å²) in [5.41, 5.74) is 3.90. The van der Waals surface area contributed by atoms with Crippen LogP contribution in [0.15, 0.2) is 53.5 Å². The van der Waals surface area contributed by atoms with Crippen LogP contribution in [-0.2, 0) is 6.54 Å². The predicted molar refractivity (Wildman–Crippen MR) is 81.0 cm³/mol. The molecule has 3 nitrogen and oxygen atoms in total. The number of nitrogens with zero attached hydrogens (tertiary/aromatic N) is 2. The first-order chi connectivity index (χ1) is 9.65. The van der Waals surface area contributed by atoms with Crippen molar-refractivity contribution < 1.29 is 0 Å². The number of para-hydroxylation sites is 1. The fourth-order valence-electron chi connectivity index (χ4n) is 2.49. The number of hydrogen-bond donors (Lipinski definition) is 0. The maximum atomic E-state index is 12.1. The molecule has 100 valence electrons. The van der Waals surface area contributed by atoms with Gasteiger partial charge in [0.2, 0.25) is 0 Å². The quantitative estimate of drug-likeness (QED) is 0.713. The standard InChI is InChI=1S/C17H16N2O/c1-12-6-5-9-19(17(12)20)11-14-10-13(2)18-16-8-4-3-7-15(14)16/h3-10H,11H2,1-2H3. The minimum atomic E-state index is 0.0612. The molecule has 2 heterocycles. The normalized spacial score (nSPS) is 10.9. The van der Waals surface area contributed by atoms with Gasteiger partial charge in [-0.1, -0.05) is 24.3 Å². The first-order valence-corrected chi connectivity index (χ1v) is 6.66. The van der Waals surface area contributed by atoms with Crippen molar-refractivity contribution in [1.29, 1.82) is 0 Å². The van der Waals surface area contributed by atoms with E-state index >= 15 is 0 Å². The van der Waals surface area contributed by atoms with E-state index in [-0.39, 0.29) is 5.56 Å². The molecule has 0 radical (unpaired) electrons. The number of aromatic nitrogens is 2. The van der Waals surface area contributed by atoms with E-state index in [1.165, 1.54) is 0 Å². The van der Waals surface area contributed by atoms with Gasteiger partial charge in [0.15, 0.2) is 0 Å². The zero-order valence-electron chi connectivity index (χ0n) is 11.6. The van der Waals surface area contributed by atoms with Gasteiger partial charge in [-0.25, -0.2) is 0 Å². The maximum absolute atomic E-state index is 12.1. The van der Waals surface area contributed by atoms with Gasteiger partial charge in [-0.05, 0) is 37.6 Å². The first kappa shape index (κ1) is 12.6. The van der Waals surface area contributed by atoms with Crippen molar-refractivity contribution in [2.45, 2.75) is 20.4 Å². The highest BCUT2D eigenvalue weighted by Gasteiger charge is 2.06. The fourth-order valence-corrected chi connectivity index (χ4v) is 2.49. The lowest BCUT2D eigenvalue weighted by Crippen LogP contribution is -2.21. The highest BCUT2D eigenvalue weighted by atomic mass is 16.1. The number of aryl methyl sites for hydroxylation is 2. The summed E-state index contributed by atoms with van der Waals surface area (Å²) >= 11 is 0. The van der Waals surface area contributed by atoms with Gasteiger partial charge in [0.25, 0.3) is 5.56 Å². The SMILES string of the molecule is Cc1cc(Cn2cccc(C)c2=O)c2ccccc2n1. The van der Waals surface area contributed by atoms with Crippen LogP contribution in [0.1, 0.15) is 16.8 Å². The van der Waals surface area contributed by atoms with Crippen LogP contribution in [0, 0.1) is 13.8 Å². The summed E-state index contributed by atoms with van der Waals surface area (Å²) in [5, 5.41) is 1.10. The Labute approximate surface area is 117 Å². The Kier molecular flexibility index (Phi) is 3.11. The van der Waals surface area contributed by atoms with Crippen molar-refractivity contribution in [3.8, 4) is 0 Å². The van der Waals surface area contributed by atoms with Crippen molar-refractivity contribution in [3.63, 3.8) is 0 Å². The summed E-state index contributed by atoms with van der Waals surface area (Å²) in [6.45, 7) is 4.40. The van der Waals surface area contributed by atoms with Crippen molar-refractivity contribution >= 4 is 10.9 Å². The van der Waals surface area contributed by atoms with Crippen LogP contribution in [0.4, 0.5) is 0 Å². The molecule has 1 aromatic carbocycles. The molecule has 20 heavy (non-hydrogen) atoms. The molecule has 0 amide bonds. The maximum Gasteiger partial charge on any atom is 0.253 e. The van der Waals surface area contributed by atoms with Gasteiger partial charge in [0.1, 0.15) is 0 Å². The Bertz CT molecular complexity index is 834. The molecule has 0 aliphatic heterocycles. The molecule has 3 heteroatoms. The third kappa shape index (κ3) is 2.23. The average Bonchev–Trinajstić information content (AvgIpc) is 2.43. The van der Waals surface area contributed by atoms with Gasteiger partial charge < -0.3 is 4.57 Å². The minimum absolute atomic E-state index is 0.0612. The molecule has 0 bridgehead atoms. The minimum Gasteiger partial charge on any atom is -0.311 e. The Hall–Kier alpha value is -2.42. The van der Waals surface area contributed by atoms with Crippen LogP contribution in [-0.4, -0.2) is 9.55 Å². The first-order valence-electron chi connectivity index (χ1n) is 6.66. The second-order valence-electron chi connectivity index (χ2n) is 5.06. The molecule has 2 aromatic heterocycles. The van der Waals surface area contributed by atoms with Crippen LogP contribution in [0.3, 0.4) is 0 Å². The molecule has 0 fully saturated rings. The van der Waals surface area contributed by atoms with Gasteiger partial charge in [-0.3, -0.25) is 9.78 Å². The van der Waals surface area contributed by atoms with E-state index in [4.69, 9.17) is 0 Å². The van der Waals surface area contributed by atoms with E-state index < -0.39 is 0 Å². The van der Waals surface area contributed by atoms with E-state index in [1.807, 2.05) is 50.4 Å². The molecular weight excluding hydrogens is 248 g/mol. The topological polar surface area (TPSA) is 34.9 Å². The zero-order valence-corrected chi connectivity index (χ0v) is 11.6. The third-order valence-corrected chi connectivity index (χ3v) is 3.48. The molecule has 0 spiro atoms. The Balaban J connectivity index is 2.15. The van der Waals surface area contributed by atoms with Gasteiger partial charge >= 0.3 is 0 Å². The Morgan fingerprint density at radius 2 is 1.90 bits per heavy atom. The number of pyridine rings is 2. The van der Waals surface area contributed by atoms with E-state index in [0.29, 0.717) is 6.54 Å². The molecular formula is C17H16N2O. The second-order valence-corrected chi connectivity index (χ2v) is 5.06. The van der Waals surface area contributed by atoms with E-state index in [0.717, 1.165) is 27.7 Å². The molecule has 0 saturated carbocycles. The molecule has 0 N–H and O–H groups in total. The zero-order chi connectivity index (χ0) is 14.1. The monoisotopic (exact) mass is 264 g/mol. The lowest BCUT2D eigenvalue weighted by atomic mass is 10.1. The van der Waals surface area contributed by atoms with Crippen molar-refractivity contribution in [2.24, 2.45) is 0 Å². The van der Waals surface area contributed by atoms with Gasteiger partial charge in [-0.2, -0.15) is 0 Å². The summed E-state index contributed by atoms with van der Waals surface area (Å²) in [5.74, 6) is 0. The summed E-state index contributed by atoms with van der Waals surface area (Å²) in [6, 6.07) is 13.8. The lowest BCUT2D eigenvalue weighted by Gasteiger charge is -2.10. The predicted octanol–water partition coefficient (Wildman–Crippen LogP) is 3.06. The molecule has 0 unspecified atom stereocenters. The highest BCUT2D eigenvalue weighted by Crippen LogP contribution is 2.18. The van der Waals surface area contributed by atoms with Crippen molar-refractivity contribution in [2.75, 3.05) is 0 Å². The summed E-state index contributed by atoms with van der Waals surface area (Å²) in [4.78, 5) is 16.7. The fraction of sp³-hybridized carbons (Fsp3) is 0.176. The van der Waals surface area contributed by atoms with Crippen LogP contribution in [0.5, 0.6) is 0 Å². The van der Waals surface area contributed by atoms with E-state index in [2.05, 4.69) is 17.1 Å². The summed E-state index contributed by atoms with van der Waals surface area (Å²) < 4.78 is 1.75. The largest absolute Gasteiger partial charge is 0.311 e. The number of fused-ring (bicyclic) bond motifs is 1. The lowest BCUT2D eigenvalue weighted by molar-refractivity contribution is 0.755. The van der Waals surface area contributed by atoms with Crippen LogP contribution in [0.25, 0.3) is 10.9 Å². The number of benzene rings is 1. The molecule has 0 aliphatic carbocycles. The van der Waals surface area contributed by atoms with Crippen molar-refractivity contribution in [3.05, 3.63) is 75.8 Å². The van der Waals surface area contributed by atoms with Crippen molar-refractivity contribution in [1.82, 2.24) is 9.55 Å². The molecule has 0 aliphatic rings. The molecule has 0 saturated heterocycles. The van der Waals surface area contributed by atoms with Gasteiger partial charge in [0.05, 0.1) is 12.1 Å². The van der Waals surface area contributed by atoms with Gasteiger partial charge in [0, 0.05) is 22.8 Å². The van der Waals surface area contributed by atoms with Crippen LogP contribution < -0.4 is 5.56 Å². The smallest absolute Gasteiger partial charge is 0.253 e. The molecule has 3 aromatic rings. The number of rotatable bonds is 2. The average molecular weight is 264 g/mol. The number of hydrogen-bond acceptors (Lipinski definition) is 2. The Morgan fingerprint density at radius 3 is 2.75 bits per heavy atom. The summed E-state index contributed by atoms with van der Waals surface area (Å²) in [7, 11) is 0. The second kappa shape index (κ2) is 4.93. The van der Waals surface area contributed by atoms with E-state index in [9.17, 15) is 4.79 Å². The van der Waals surface area contributed by atoms with Gasteiger partial charge in [-0.15, -0.1) is 0 Å². The van der Waals surface area contributed by atoms with Crippen LogP contribution in [0.2, 0.25) is 0 Å². The highest BCUT2D eigenvalue weighted by molar-refractivity contribution is 5.82. The van der Waals surface area contributed by atoms with E-state index in [1.54, 1.807) is 4.57 Å². The molecule has 3 rings (SSSR count). The Morgan fingerprint density at radius 1 is 1.10 bits per heavy atom. The summed E-state index contributed by atoms with van der Waals surface area (Å²) in [6.07, 6.45) is 1.83. The molecule has 0 atom stereocenters. The van der Waals surface area contributed by atoms with Crippen LogP contribution >= 0.6 is 0 Å². The third-order valence-electron chi connectivity index (χ3n) is 3.48.